The van der Waals surface area contributed by atoms with Gasteiger partial charge in [-0.25, -0.2) is 4.79 Å². The number of benzene rings is 2. The minimum atomic E-state index is -0.430. The number of ether oxygens (including phenoxy) is 2. The molecule has 0 aromatic heterocycles. The Balaban J connectivity index is 1.71. The number of nitrogens with one attached hydrogen (secondary N) is 2. The summed E-state index contributed by atoms with van der Waals surface area (Å²) in [5.74, 6) is -0.300. The fourth-order valence-corrected chi connectivity index (χ4v) is 3.23. The van der Waals surface area contributed by atoms with Gasteiger partial charge in [-0.15, -0.1) is 0 Å². The summed E-state index contributed by atoms with van der Waals surface area (Å²) in [5, 5.41) is 5.76. The van der Waals surface area contributed by atoms with Crippen molar-refractivity contribution in [3.8, 4) is 0 Å². The third-order valence-electron chi connectivity index (χ3n) is 4.53. The minimum absolute atomic E-state index is 0.247. The smallest absolute Gasteiger partial charge is 0.319 e. The van der Waals surface area contributed by atoms with E-state index in [4.69, 9.17) is 21.1 Å². The van der Waals surface area contributed by atoms with Crippen LogP contribution in [0.25, 0.3) is 0 Å². The maximum absolute atomic E-state index is 13.2. The largest absolute Gasteiger partial charge is 0.348 e. The van der Waals surface area contributed by atoms with Crippen LogP contribution in [0.2, 0.25) is 5.02 Å². The summed E-state index contributed by atoms with van der Waals surface area (Å²) >= 11 is 6.32. The maximum Gasteiger partial charge on any atom is 0.319 e. The molecule has 0 aliphatic carbocycles. The topological polar surface area (TPSA) is 92.3 Å². The van der Waals surface area contributed by atoms with Gasteiger partial charge in [0.05, 0.1) is 36.0 Å². The molecule has 8 nitrogen and oxygen atoms in total. The first-order valence-corrected chi connectivity index (χ1v) is 10.3. The summed E-state index contributed by atoms with van der Waals surface area (Å²) < 4.78 is 10.6. The molecule has 1 aliphatic rings. The second-order valence-electron chi connectivity index (χ2n) is 6.77. The summed E-state index contributed by atoms with van der Waals surface area (Å²) in [4.78, 5) is 31.1. The zero-order chi connectivity index (χ0) is 22.2. The Morgan fingerprint density at radius 3 is 2.71 bits per heavy atom. The highest BCUT2D eigenvalue weighted by Crippen LogP contribution is 2.30. The van der Waals surface area contributed by atoms with Gasteiger partial charge in [0, 0.05) is 24.6 Å². The number of aliphatic imine (C=N–C) groups is 1. The third kappa shape index (κ3) is 6.04. The van der Waals surface area contributed by atoms with Gasteiger partial charge in [0.15, 0.2) is 6.29 Å². The summed E-state index contributed by atoms with van der Waals surface area (Å²) in [6.07, 6.45) is 2.04. The number of rotatable bonds is 7. The second kappa shape index (κ2) is 10.9. The van der Waals surface area contributed by atoms with Crippen molar-refractivity contribution in [3.63, 3.8) is 0 Å². The molecule has 0 saturated carbocycles. The van der Waals surface area contributed by atoms with Crippen molar-refractivity contribution in [2.45, 2.75) is 19.6 Å². The van der Waals surface area contributed by atoms with Gasteiger partial charge in [0.25, 0.3) is 5.91 Å². The molecule has 2 aromatic carbocycles. The van der Waals surface area contributed by atoms with Crippen LogP contribution in [0.3, 0.4) is 0 Å². The molecule has 164 valence electrons. The van der Waals surface area contributed by atoms with Gasteiger partial charge in [-0.3, -0.25) is 9.79 Å². The van der Waals surface area contributed by atoms with Crippen LogP contribution in [-0.2, 0) is 9.47 Å². The average Bonchev–Trinajstić information content (AvgIpc) is 3.29. The molecule has 1 saturated heterocycles. The zero-order valence-corrected chi connectivity index (χ0v) is 18.2. The summed E-state index contributed by atoms with van der Waals surface area (Å²) in [5.41, 5.74) is 1.96. The van der Waals surface area contributed by atoms with Gasteiger partial charge < -0.3 is 25.0 Å². The Kier molecular flexibility index (Phi) is 8.00. The number of urea groups is 1. The number of anilines is 2. The van der Waals surface area contributed by atoms with E-state index in [2.05, 4.69) is 15.6 Å². The SMILES string of the molecule is CCC=Nc1cccc(Cl)c1C(=O)N(C)c1cccc(NC(=O)NCC2OCCO2)c1. The number of carbonyl (C=O) groups excluding carboxylic acids is 2. The predicted molar refractivity (Wildman–Crippen MR) is 122 cm³/mol. The summed E-state index contributed by atoms with van der Waals surface area (Å²) in [7, 11) is 1.65. The monoisotopic (exact) mass is 444 g/mol. The molecule has 0 atom stereocenters. The number of halogens is 1. The molecule has 31 heavy (non-hydrogen) atoms. The normalized spacial score (nSPS) is 14.0. The lowest BCUT2D eigenvalue weighted by Gasteiger charge is -2.20. The van der Waals surface area contributed by atoms with Crippen LogP contribution in [0.5, 0.6) is 0 Å². The van der Waals surface area contributed by atoms with E-state index in [1.165, 1.54) is 4.90 Å². The highest BCUT2D eigenvalue weighted by molar-refractivity contribution is 6.35. The lowest BCUT2D eigenvalue weighted by atomic mass is 10.1. The van der Waals surface area contributed by atoms with Gasteiger partial charge in [-0.1, -0.05) is 30.7 Å². The summed E-state index contributed by atoms with van der Waals surface area (Å²) in [6, 6.07) is 11.7. The Morgan fingerprint density at radius 1 is 1.23 bits per heavy atom. The van der Waals surface area contributed by atoms with Gasteiger partial charge in [-0.2, -0.15) is 0 Å². The first kappa shape index (κ1) is 22.7. The van der Waals surface area contributed by atoms with E-state index < -0.39 is 12.3 Å². The average molecular weight is 445 g/mol. The molecule has 1 aliphatic heterocycles. The molecule has 3 amide bonds. The Morgan fingerprint density at radius 2 is 1.97 bits per heavy atom. The van der Waals surface area contributed by atoms with E-state index in [0.29, 0.717) is 40.9 Å². The summed E-state index contributed by atoms with van der Waals surface area (Å²) in [6.45, 7) is 3.25. The molecule has 0 unspecified atom stereocenters. The van der Waals surface area contributed by atoms with E-state index in [9.17, 15) is 9.59 Å². The standard InChI is InChI=1S/C22H25ClN4O4/c1-3-10-24-18-9-5-8-17(23)20(18)21(28)27(2)16-7-4-6-15(13-16)26-22(29)25-14-19-30-11-12-31-19/h4-10,13,19H,3,11-12,14H2,1-2H3,(H2,25,26,29). The molecule has 0 bridgehead atoms. The quantitative estimate of drug-likeness (QED) is 0.625. The van der Waals surface area contributed by atoms with E-state index in [-0.39, 0.29) is 12.5 Å². The van der Waals surface area contributed by atoms with Crippen LogP contribution in [0.15, 0.2) is 47.5 Å². The van der Waals surface area contributed by atoms with Gasteiger partial charge in [-0.05, 0) is 36.8 Å². The van der Waals surface area contributed by atoms with Crippen LogP contribution < -0.4 is 15.5 Å². The first-order valence-electron chi connectivity index (χ1n) is 9.96. The van der Waals surface area contributed by atoms with Gasteiger partial charge in [0.1, 0.15) is 0 Å². The van der Waals surface area contributed by atoms with Crippen LogP contribution in [0, 0.1) is 0 Å². The molecule has 0 spiro atoms. The van der Waals surface area contributed by atoms with Crippen molar-refractivity contribution in [1.29, 1.82) is 0 Å². The highest BCUT2D eigenvalue weighted by atomic mass is 35.5. The molecule has 2 N–H and O–H groups in total. The molecule has 0 radical (unpaired) electrons. The van der Waals surface area contributed by atoms with Crippen molar-refractivity contribution in [2.75, 3.05) is 37.0 Å². The molecular weight excluding hydrogens is 420 g/mol. The number of nitrogens with zero attached hydrogens (tertiary/aromatic N) is 2. The molecule has 2 aromatic rings. The van der Waals surface area contributed by atoms with Gasteiger partial charge >= 0.3 is 6.03 Å². The zero-order valence-electron chi connectivity index (χ0n) is 17.4. The van der Waals surface area contributed by atoms with E-state index in [1.54, 1.807) is 55.7 Å². The Bertz CT molecular complexity index is 960. The van der Waals surface area contributed by atoms with E-state index in [1.807, 2.05) is 6.92 Å². The molecule has 9 heteroatoms. The number of hydrogen-bond acceptors (Lipinski definition) is 5. The van der Waals surface area contributed by atoms with E-state index >= 15 is 0 Å². The molecule has 1 heterocycles. The lowest BCUT2D eigenvalue weighted by Crippen LogP contribution is -2.35. The second-order valence-corrected chi connectivity index (χ2v) is 7.18. The fraction of sp³-hybridized carbons (Fsp3) is 0.318. The van der Waals surface area contributed by atoms with Crippen LogP contribution in [0.4, 0.5) is 21.9 Å². The van der Waals surface area contributed by atoms with Crippen LogP contribution in [0.1, 0.15) is 23.7 Å². The fourth-order valence-electron chi connectivity index (χ4n) is 2.98. The minimum Gasteiger partial charge on any atom is -0.348 e. The van der Waals surface area contributed by atoms with Crippen LogP contribution >= 0.6 is 11.6 Å². The number of amides is 3. The van der Waals surface area contributed by atoms with Gasteiger partial charge in [0.2, 0.25) is 0 Å². The van der Waals surface area contributed by atoms with Crippen molar-refractivity contribution in [2.24, 2.45) is 4.99 Å². The predicted octanol–water partition coefficient (Wildman–Crippen LogP) is 4.22. The van der Waals surface area contributed by atoms with Crippen LogP contribution in [-0.4, -0.2) is 51.2 Å². The number of carbonyl (C=O) groups is 2. The first-order chi connectivity index (χ1) is 15.0. The number of hydrogen-bond donors (Lipinski definition) is 2. The Hall–Kier alpha value is -2.94. The van der Waals surface area contributed by atoms with E-state index in [0.717, 1.165) is 6.42 Å². The van der Waals surface area contributed by atoms with Crippen molar-refractivity contribution in [1.82, 2.24) is 5.32 Å². The molecular formula is C22H25ClN4O4. The molecule has 1 fully saturated rings. The Labute approximate surface area is 186 Å². The third-order valence-corrected chi connectivity index (χ3v) is 4.85. The van der Waals surface area contributed by atoms with Crippen molar-refractivity contribution in [3.05, 3.63) is 53.1 Å². The van der Waals surface area contributed by atoms with Crippen molar-refractivity contribution < 1.29 is 19.1 Å². The maximum atomic E-state index is 13.2. The lowest BCUT2D eigenvalue weighted by molar-refractivity contribution is -0.0369. The highest BCUT2D eigenvalue weighted by Gasteiger charge is 2.21. The molecule has 3 rings (SSSR count). The van der Waals surface area contributed by atoms with Crippen molar-refractivity contribution >= 4 is 46.8 Å².